The zero-order valence-electron chi connectivity index (χ0n) is 8.18. The minimum atomic E-state index is 0.172. The molecule has 0 bridgehead atoms. The number of aromatic nitrogens is 3. The van der Waals surface area contributed by atoms with Crippen molar-refractivity contribution >= 4 is 16.8 Å². The van der Waals surface area contributed by atoms with E-state index in [1.54, 1.807) is 10.5 Å². The minimum Gasteiger partial charge on any atom is -0.494 e. The molecule has 74 valence electrons. The first kappa shape index (κ1) is 8.23. The average molecular weight is 199 g/mol. The van der Waals surface area contributed by atoms with Crippen molar-refractivity contribution in [3.63, 3.8) is 0 Å². The summed E-state index contributed by atoms with van der Waals surface area (Å²) in [5.74, 6) is 0.708. The van der Waals surface area contributed by atoms with Gasteiger partial charge in [-0.25, -0.2) is 14.4 Å². The van der Waals surface area contributed by atoms with Gasteiger partial charge in [0.25, 0.3) is 0 Å². The highest BCUT2D eigenvalue weighted by Gasteiger charge is 2.08. The first-order valence-corrected chi connectivity index (χ1v) is 4.69. The first-order valence-electron chi connectivity index (χ1n) is 4.69. The molecule has 0 radical (unpaired) electrons. The highest BCUT2D eigenvalue weighted by Crippen LogP contribution is 2.21. The van der Waals surface area contributed by atoms with Gasteiger partial charge < -0.3 is 5.11 Å². The molecule has 0 saturated carbocycles. The van der Waals surface area contributed by atoms with E-state index in [0.29, 0.717) is 5.78 Å². The summed E-state index contributed by atoms with van der Waals surface area (Å²) in [5, 5.41) is 9.82. The molecule has 0 aliphatic rings. The van der Waals surface area contributed by atoms with Crippen LogP contribution in [0.4, 0.5) is 0 Å². The summed E-state index contributed by atoms with van der Waals surface area (Å²) in [7, 11) is 0. The van der Waals surface area contributed by atoms with Crippen molar-refractivity contribution in [2.45, 2.75) is 6.92 Å². The summed E-state index contributed by atoms with van der Waals surface area (Å²) >= 11 is 0. The molecule has 3 aromatic rings. The predicted molar refractivity (Wildman–Crippen MR) is 56.9 cm³/mol. The van der Waals surface area contributed by atoms with Crippen molar-refractivity contribution < 1.29 is 5.11 Å². The van der Waals surface area contributed by atoms with Crippen LogP contribution in [0.1, 0.15) is 5.69 Å². The number of aromatic hydroxyl groups is 1. The molecule has 4 nitrogen and oxygen atoms in total. The van der Waals surface area contributed by atoms with Crippen molar-refractivity contribution in [2.75, 3.05) is 0 Å². The lowest BCUT2D eigenvalue weighted by molar-refractivity contribution is 0.446. The van der Waals surface area contributed by atoms with Crippen LogP contribution in [-0.2, 0) is 0 Å². The molecule has 1 N–H and O–H groups in total. The Hall–Kier alpha value is -2.10. The molecule has 0 unspecified atom stereocenters. The number of rotatable bonds is 0. The smallest absolute Gasteiger partial charge is 0.237 e. The van der Waals surface area contributed by atoms with Crippen molar-refractivity contribution in [1.82, 2.24) is 14.4 Å². The molecule has 1 aromatic carbocycles. The Kier molecular flexibility index (Phi) is 1.48. The summed E-state index contributed by atoms with van der Waals surface area (Å²) in [6.07, 6.45) is 0. The van der Waals surface area contributed by atoms with Gasteiger partial charge in [-0.15, -0.1) is 0 Å². The summed E-state index contributed by atoms with van der Waals surface area (Å²) in [6.45, 7) is 1.83. The second-order valence-electron chi connectivity index (χ2n) is 3.49. The van der Waals surface area contributed by atoms with Crippen LogP contribution in [0, 0.1) is 6.92 Å². The molecule has 2 heterocycles. The lowest BCUT2D eigenvalue weighted by Crippen LogP contribution is -1.91. The van der Waals surface area contributed by atoms with E-state index in [-0.39, 0.29) is 5.88 Å². The molecule has 0 spiro atoms. The fraction of sp³-hybridized carbons (Fsp3) is 0.0909. The number of imidazole rings is 1. The maximum Gasteiger partial charge on any atom is 0.237 e. The molecule has 0 atom stereocenters. The summed E-state index contributed by atoms with van der Waals surface area (Å²) in [4.78, 5) is 8.59. The van der Waals surface area contributed by atoms with Crippen molar-refractivity contribution in [3.05, 3.63) is 36.0 Å². The third kappa shape index (κ3) is 1.08. The molecule has 0 fully saturated rings. The van der Waals surface area contributed by atoms with E-state index in [4.69, 9.17) is 0 Å². The average Bonchev–Trinajstić information content (AvgIpc) is 2.54. The Morgan fingerprint density at radius 3 is 2.87 bits per heavy atom. The SMILES string of the molecule is Cc1cc(O)n2c(n1)nc1ccccc12. The van der Waals surface area contributed by atoms with Crippen molar-refractivity contribution in [3.8, 4) is 5.88 Å². The molecule has 2 aromatic heterocycles. The Morgan fingerprint density at radius 1 is 1.20 bits per heavy atom. The Balaban J connectivity index is 2.61. The Labute approximate surface area is 85.8 Å². The van der Waals surface area contributed by atoms with Crippen LogP contribution in [0.2, 0.25) is 0 Å². The second-order valence-corrected chi connectivity index (χ2v) is 3.49. The number of para-hydroxylation sites is 2. The number of fused-ring (bicyclic) bond motifs is 3. The largest absolute Gasteiger partial charge is 0.494 e. The van der Waals surface area contributed by atoms with Gasteiger partial charge in [0.05, 0.1) is 11.0 Å². The zero-order valence-corrected chi connectivity index (χ0v) is 8.18. The van der Waals surface area contributed by atoms with Gasteiger partial charge in [0.1, 0.15) is 0 Å². The van der Waals surface area contributed by atoms with Crippen molar-refractivity contribution in [1.29, 1.82) is 0 Å². The number of hydrogen-bond acceptors (Lipinski definition) is 3. The van der Waals surface area contributed by atoms with Gasteiger partial charge in [0.2, 0.25) is 5.78 Å². The minimum absolute atomic E-state index is 0.172. The van der Waals surface area contributed by atoms with Gasteiger partial charge in [-0.3, -0.25) is 0 Å². The number of aryl methyl sites for hydroxylation is 1. The van der Waals surface area contributed by atoms with E-state index in [1.165, 1.54) is 0 Å². The number of hydrogen-bond donors (Lipinski definition) is 1. The molecule has 0 aliphatic heterocycles. The lowest BCUT2D eigenvalue weighted by Gasteiger charge is -1.99. The van der Waals surface area contributed by atoms with Crippen LogP contribution >= 0.6 is 0 Å². The van der Waals surface area contributed by atoms with E-state index < -0.39 is 0 Å². The Morgan fingerprint density at radius 2 is 2.00 bits per heavy atom. The van der Waals surface area contributed by atoms with E-state index in [2.05, 4.69) is 9.97 Å². The predicted octanol–water partition coefficient (Wildman–Crippen LogP) is 1.90. The van der Waals surface area contributed by atoms with E-state index >= 15 is 0 Å². The summed E-state index contributed by atoms with van der Waals surface area (Å²) in [5.41, 5.74) is 2.47. The fourth-order valence-electron chi connectivity index (χ4n) is 1.76. The van der Waals surface area contributed by atoms with Gasteiger partial charge >= 0.3 is 0 Å². The molecule has 0 saturated heterocycles. The van der Waals surface area contributed by atoms with Gasteiger partial charge in [-0.2, -0.15) is 0 Å². The van der Waals surface area contributed by atoms with Crippen LogP contribution in [0.5, 0.6) is 5.88 Å². The molecule has 0 amide bonds. The van der Waals surface area contributed by atoms with E-state index in [0.717, 1.165) is 16.7 Å². The molecule has 4 heteroatoms. The topological polar surface area (TPSA) is 50.4 Å². The maximum absolute atomic E-state index is 9.82. The van der Waals surface area contributed by atoms with Crippen molar-refractivity contribution in [2.24, 2.45) is 0 Å². The normalized spacial score (nSPS) is 11.3. The van der Waals surface area contributed by atoms with Gasteiger partial charge in [0, 0.05) is 11.8 Å². The van der Waals surface area contributed by atoms with Gasteiger partial charge in [-0.05, 0) is 19.1 Å². The first-order chi connectivity index (χ1) is 7.25. The maximum atomic E-state index is 9.82. The fourth-order valence-corrected chi connectivity index (χ4v) is 1.76. The monoisotopic (exact) mass is 199 g/mol. The van der Waals surface area contributed by atoms with Gasteiger partial charge in [0.15, 0.2) is 5.88 Å². The molecule has 0 aliphatic carbocycles. The molecular weight excluding hydrogens is 190 g/mol. The molecule has 15 heavy (non-hydrogen) atoms. The third-order valence-corrected chi connectivity index (χ3v) is 2.39. The van der Waals surface area contributed by atoms with Crippen LogP contribution in [0.15, 0.2) is 30.3 Å². The highest BCUT2D eigenvalue weighted by atomic mass is 16.3. The lowest BCUT2D eigenvalue weighted by atomic mass is 10.3. The molecular formula is C11H9N3O. The van der Waals surface area contributed by atoms with Crippen LogP contribution < -0.4 is 0 Å². The highest BCUT2D eigenvalue weighted by molar-refractivity contribution is 5.80. The Bertz CT molecular complexity index is 657. The van der Waals surface area contributed by atoms with Gasteiger partial charge in [-0.1, -0.05) is 12.1 Å². The standard InChI is InChI=1S/C11H9N3O/c1-7-6-10(15)14-9-5-3-2-4-8(9)13-11(14)12-7/h2-6,15H,1H3. The quantitative estimate of drug-likeness (QED) is 0.601. The van der Waals surface area contributed by atoms with Crippen LogP contribution in [0.25, 0.3) is 16.8 Å². The van der Waals surface area contributed by atoms with E-state index in [1.807, 2.05) is 31.2 Å². The van der Waals surface area contributed by atoms with E-state index in [9.17, 15) is 5.11 Å². The summed E-state index contributed by atoms with van der Waals surface area (Å²) in [6, 6.07) is 9.26. The van der Waals surface area contributed by atoms with Crippen LogP contribution in [-0.4, -0.2) is 19.5 Å². The second kappa shape index (κ2) is 2.70. The number of nitrogens with zero attached hydrogens (tertiary/aromatic N) is 3. The van der Waals surface area contributed by atoms with Crippen LogP contribution in [0.3, 0.4) is 0 Å². The zero-order chi connectivity index (χ0) is 10.4. The molecule has 3 rings (SSSR count). The summed E-state index contributed by atoms with van der Waals surface area (Å²) < 4.78 is 1.64. The third-order valence-electron chi connectivity index (χ3n) is 2.39. The number of benzene rings is 1.